The molecule has 2 heterocycles. The number of ketones is 1. The van der Waals surface area contributed by atoms with E-state index in [1.165, 1.54) is 23.5 Å². The summed E-state index contributed by atoms with van der Waals surface area (Å²) in [6, 6.07) is 5.39. The number of thiazole rings is 1. The Morgan fingerprint density at radius 1 is 1.25 bits per heavy atom. The van der Waals surface area contributed by atoms with Crippen LogP contribution in [0.15, 0.2) is 41.0 Å². The molecule has 4 rings (SSSR count). The highest BCUT2D eigenvalue weighted by atomic mass is 32.1. The number of nitrogens with one attached hydrogen (secondary N) is 1. The summed E-state index contributed by atoms with van der Waals surface area (Å²) in [7, 11) is 0. The number of hydrogen-bond donors (Lipinski definition) is 1. The molecule has 0 spiro atoms. The lowest BCUT2D eigenvalue weighted by molar-refractivity contribution is -0.137. The fourth-order valence-corrected chi connectivity index (χ4v) is 5.64. The Bertz CT molecular complexity index is 990. The molecule has 0 amide bonds. The van der Waals surface area contributed by atoms with Crippen molar-refractivity contribution in [2.45, 2.75) is 51.6 Å². The highest BCUT2D eigenvalue weighted by Gasteiger charge is 2.51. The van der Waals surface area contributed by atoms with Crippen molar-refractivity contribution in [1.29, 1.82) is 0 Å². The summed E-state index contributed by atoms with van der Waals surface area (Å²) in [6.45, 7) is 5.99. The van der Waals surface area contributed by atoms with Crippen LogP contribution in [-0.4, -0.2) is 10.8 Å². The van der Waals surface area contributed by atoms with E-state index in [1.807, 2.05) is 20.8 Å². The van der Waals surface area contributed by atoms with Gasteiger partial charge < -0.3 is 5.32 Å². The van der Waals surface area contributed by atoms with Crippen LogP contribution >= 0.6 is 11.3 Å². The molecule has 1 unspecified atom stereocenters. The standard InChI is InChI=1S/C21H21F3N2OS/c1-4-20(12-6-5-7-13(8-12)21(22,23)24)16-14(9-19(2,3)10-15(16)27)26-18-17(20)28-11-25-18/h5-8,11,26H,4,9-10H2,1-3H3. The van der Waals surface area contributed by atoms with E-state index in [2.05, 4.69) is 10.3 Å². The van der Waals surface area contributed by atoms with Gasteiger partial charge >= 0.3 is 6.18 Å². The SMILES string of the molecule is CCC1(c2cccc(C(F)(F)F)c2)C2=C(CC(C)(C)CC2=O)Nc2ncsc21. The van der Waals surface area contributed by atoms with E-state index in [0.717, 1.165) is 16.6 Å². The molecule has 2 aliphatic rings. The zero-order valence-corrected chi connectivity index (χ0v) is 16.7. The number of aromatic nitrogens is 1. The van der Waals surface area contributed by atoms with Gasteiger partial charge in [-0.25, -0.2) is 4.98 Å². The van der Waals surface area contributed by atoms with Crippen LogP contribution in [0.2, 0.25) is 0 Å². The lowest BCUT2D eigenvalue weighted by atomic mass is 9.62. The van der Waals surface area contributed by atoms with Crippen LogP contribution in [0.5, 0.6) is 0 Å². The quantitative estimate of drug-likeness (QED) is 0.672. The summed E-state index contributed by atoms with van der Waals surface area (Å²) in [5, 5.41) is 3.30. The van der Waals surface area contributed by atoms with Crippen molar-refractivity contribution in [3.63, 3.8) is 0 Å². The van der Waals surface area contributed by atoms with Crippen molar-refractivity contribution >= 4 is 22.9 Å². The molecule has 2 aromatic rings. The van der Waals surface area contributed by atoms with Crippen LogP contribution in [0, 0.1) is 5.41 Å². The topological polar surface area (TPSA) is 42.0 Å². The smallest absolute Gasteiger partial charge is 0.342 e. The van der Waals surface area contributed by atoms with E-state index < -0.39 is 17.2 Å². The highest BCUT2D eigenvalue weighted by molar-refractivity contribution is 7.10. The predicted molar refractivity (Wildman–Crippen MR) is 103 cm³/mol. The number of benzene rings is 1. The molecular formula is C21H21F3N2OS. The van der Waals surface area contributed by atoms with E-state index in [-0.39, 0.29) is 11.2 Å². The predicted octanol–water partition coefficient (Wildman–Crippen LogP) is 5.93. The minimum atomic E-state index is -4.44. The van der Waals surface area contributed by atoms with Crippen molar-refractivity contribution in [1.82, 2.24) is 4.98 Å². The molecule has 148 valence electrons. The molecule has 0 bridgehead atoms. The third-order valence-corrected chi connectivity index (χ3v) is 6.73. The number of fused-ring (bicyclic) bond motifs is 1. The largest absolute Gasteiger partial charge is 0.416 e. The Balaban J connectivity index is 2.01. The van der Waals surface area contributed by atoms with E-state index in [9.17, 15) is 18.0 Å². The van der Waals surface area contributed by atoms with E-state index in [1.54, 1.807) is 11.6 Å². The van der Waals surface area contributed by atoms with E-state index >= 15 is 0 Å². The number of hydrogen-bond acceptors (Lipinski definition) is 4. The van der Waals surface area contributed by atoms with Crippen molar-refractivity contribution in [2.75, 3.05) is 5.32 Å². The second kappa shape index (κ2) is 6.17. The fraction of sp³-hybridized carbons (Fsp3) is 0.429. The molecular weight excluding hydrogens is 385 g/mol. The second-order valence-corrected chi connectivity index (χ2v) is 9.14. The molecule has 1 aliphatic carbocycles. The molecule has 1 aromatic carbocycles. The van der Waals surface area contributed by atoms with Gasteiger partial charge in [0.2, 0.25) is 0 Å². The Morgan fingerprint density at radius 2 is 2.00 bits per heavy atom. The van der Waals surface area contributed by atoms with Gasteiger partial charge in [0.05, 0.1) is 21.4 Å². The third-order valence-electron chi connectivity index (χ3n) is 5.74. The van der Waals surface area contributed by atoms with Gasteiger partial charge in [0, 0.05) is 17.7 Å². The number of rotatable bonds is 2. The zero-order valence-electron chi connectivity index (χ0n) is 15.9. The maximum Gasteiger partial charge on any atom is 0.416 e. The van der Waals surface area contributed by atoms with Crippen LogP contribution < -0.4 is 5.32 Å². The Morgan fingerprint density at radius 3 is 2.68 bits per heavy atom. The lowest BCUT2D eigenvalue weighted by Gasteiger charge is -2.44. The number of carbonyl (C=O) groups is 1. The maximum absolute atomic E-state index is 13.4. The third kappa shape index (κ3) is 2.79. The second-order valence-electron chi connectivity index (χ2n) is 8.29. The molecule has 0 saturated heterocycles. The van der Waals surface area contributed by atoms with Gasteiger partial charge in [-0.1, -0.05) is 39.0 Å². The monoisotopic (exact) mass is 406 g/mol. The average molecular weight is 406 g/mol. The van der Waals surface area contributed by atoms with Gasteiger partial charge in [-0.05, 0) is 29.9 Å². The molecule has 7 heteroatoms. The molecule has 1 N–H and O–H groups in total. The van der Waals surface area contributed by atoms with Crippen LogP contribution in [-0.2, 0) is 16.4 Å². The van der Waals surface area contributed by atoms with Crippen molar-refractivity contribution in [3.8, 4) is 0 Å². The summed E-state index contributed by atoms with van der Waals surface area (Å²) in [5.74, 6) is 0.644. The van der Waals surface area contributed by atoms with E-state index in [4.69, 9.17) is 0 Å². The molecule has 1 atom stereocenters. The van der Waals surface area contributed by atoms with Crippen LogP contribution in [0.1, 0.15) is 56.0 Å². The number of anilines is 1. The van der Waals surface area contributed by atoms with E-state index in [0.29, 0.717) is 36.2 Å². The number of Topliss-reactive ketones (excluding diaryl/α,β-unsaturated/α-hetero) is 1. The first-order valence-corrected chi connectivity index (χ1v) is 10.1. The molecule has 0 radical (unpaired) electrons. The minimum Gasteiger partial charge on any atom is -0.342 e. The van der Waals surface area contributed by atoms with Crippen molar-refractivity contribution in [3.05, 3.63) is 57.1 Å². The van der Waals surface area contributed by atoms with Gasteiger partial charge in [-0.15, -0.1) is 11.3 Å². The number of halogens is 3. The van der Waals surface area contributed by atoms with Gasteiger partial charge in [0.25, 0.3) is 0 Å². The van der Waals surface area contributed by atoms with Crippen LogP contribution in [0.3, 0.4) is 0 Å². The van der Waals surface area contributed by atoms with Crippen LogP contribution in [0.4, 0.5) is 19.0 Å². The summed E-state index contributed by atoms with van der Waals surface area (Å²) in [5.41, 5.74) is 1.76. The molecule has 0 fully saturated rings. The molecule has 1 aromatic heterocycles. The summed E-state index contributed by atoms with van der Waals surface area (Å²) >= 11 is 1.38. The summed E-state index contributed by atoms with van der Waals surface area (Å²) in [6.07, 6.45) is -2.92. The minimum absolute atomic E-state index is 0.00272. The molecule has 3 nitrogen and oxygen atoms in total. The van der Waals surface area contributed by atoms with Crippen molar-refractivity contribution < 1.29 is 18.0 Å². The summed E-state index contributed by atoms with van der Waals surface area (Å²) < 4.78 is 40.2. The molecule has 0 saturated carbocycles. The van der Waals surface area contributed by atoms with Gasteiger partial charge in [-0.2, -0.15) is 13.2 Å². The van der Waals surface area contributed by atoms with Gasteiger partial charge in [-0.3, -0.25) is 4.79 Å². The number of allylic oxidation sites excluding steroid dienone is 2. The first-order chi connectivity index (χ1) is 13.1. The Kier molecular flexibility index (Phi) is 4.23. The first-order valence-electron chi connectivity index (χ1n) is 9.24. The maximum atomic E-state index is 13.4. The van der Waals surface area contributed by atoms with Crippen LogP contribution in [0.25, 0.3) is 0 Å². The number of nitrogens with zero attached hydrogens (tertiary/aromatic N) is 1. The first kappa shape index (κ1) is 19.2. The Labute approximate surface area is 165 Å². The highest BCUT2D eigenvalue weighted by Crippen LogP contribution is 2.55. The normalized spacial score (nSPS) is 23.9. The number of carbonyl (C=O) groups excluding carboxylic acids is 1. The molecule has 1 aliphatic heterocycles. The molecule has 28 heavy (non-hydrogen) atoms. The zero-order chi connectivity index (χ0) is 20.3. The van der Waals surface area contributed by atoms with Gasteiger partial charge in [0.1, 0.15) is 5.82 Å². The number of alkyl halides is 3. The lowest BCUT2D eigenvalue weighted by Crippen LogP contribution is -2.43. The average Bonchev–Trinajstić information content (AvgIpc) is 3.06. The Hall–Kier alpha value is -2.15. The fourth-order valence-electron chi connectivity index (χ4n) is 4.60. The van der Waals surface area contributed by atoms with Crippen molar-refractivity contribution in [2.24, 2.45) is 5.41 Å². The van der Waals surface area contributed by atoms with Gasteiger partial charge in [0.15, 0.2) is 5.78 Å². The summed E-state index contributed by atoms with van der Waals surface area (Å²) in [4.78, 5) is 18.5.